The zero-order valence-electron chi connectivity index (χ0n) is 13.8. The number of hydrogen-bond acceptors (Lipinski definition) is 6. The van der Waals surface area contributed by atoms with E-state index in [0.29, 0.717) is 17.5 Å². The van der Waals surface area contributed by atoms with Crippen molar-refractivity contribution in [1.82, 2.24) is 20.7 Å². The van der Waals surface area contributed by atoms with Gasteiger partial charge in [0.15, 0.2) is 11.5 Å². The van der Waals surface area contributed by atoms with Gasteiger partial charge in [0.1, 0.15) is 0 Å². The molecule has 0 aliphatic heterocycles. The van der Waals surface area contributed by atoms with Gasteiger partial charge in [-0.15, -0.1) is 10.2 Å². The van der Waals surface area contributed by atoms with Gasteiger partial charge in [0, 0.05) is 30.0 Å². The summed E-state index contributed by atoms with van der Waals surface area (Å²) in [5.41, 5.74) is 1.18. The first-order valence-electron chi connectivity index (χ1n) is 8.38. The number of hydrogen-bond donors (Lipinski definition) is 1. The number of aryl methyl sites for hydroxylation is 1. The second-order valence-electron chi connectivity index (χ2n) is 6.17. The van der Waals surface area contributed by atoms with Gasteiger partial charge in [-0.25, -0.2) is 0 Å². The number of benzene rings is 1. The molecule has 3 aromatic rings. The highest BCUT2D eigenvalue weighted by atomic mass is 16.5. The monoisotopic (exact) mass is 338 g/mol. The molecule has 0 bridgehead atoms. The maximum Gasteiger partial charge on any atom is 0.273 e. The summed E-state index contributed by atoms with van der Waals surface area (Å²) in [6.07, 6.45) is 2.32. The normalized spacial score (nSPS) is 19.4. The van der Waals surface area contributed by atoms with E-state index in [4.69, 9.17) is 8.94 Å². The van der Waals surface area contributed by atoms with Crippen LogP contribution < -0.4 is 5.32 Å². The second-order valence-corrected chi connectivity index (χ2v) is 6.17. The first-order chi connectivity index (χ1) is 12.2. The molecule has 1 aliphatic carbocycles. The molecule has 1 aromatic carbocycles. The number of amides is 1. The van der Waals surface area contributed by atoms with E-state index in [2.05, 4.69) is 20.7 Å². The topological polar surface area (TPSA) is 94.1 Å². The molecule has 1 saturated carbocycles. The van der Waals surface area contributed by atoms with Crippen LogP contribution in [-0.2, 0) is 6.42 Å². The quantitative estimate of drug-likeness (QED) is 0.768. The van der Waals surface area contributed by atoms with E-state index in [1.165, 1.54) is 0 Å². The Morgan fingerprint density at radius 1 is 1.24 bits per heavy atom. The first kappa shape index (κ1) is 15.6. The smallest absolute Gasteiger partial charge is 0.273 e. The van der Waals surface area contributed by atoms with Crippen LogP contribution >= 0.6 is 0 Å². The molecule has 1 fully saturated rings. The third kappa shape index (κ3) is 3.17. The van der Waals surface area contributed by atoms with Crippen LogP contribution in [0.2, 0.25) is 0 Å². The van der Waals surface area contributed by atoms with Crippen LogP contribution in [0.3, 0.4) is 0 Å². The Morgan fingerprint density at radius 2 is 2.04 bits per heavy atom. The van der Waals surface area contributed by atoms with Crippen molar-refractivity contribution in [2.45, 2.75) is 38.1 Å². The Balaban J connectivity index is 1.34. The van der Waals surface area contributed by atoms with Gasteiger partial charge in [-0.05, 0) is 12.8 Å². The minimum atomic E-state index is -0.228. The van der Waals surface area contributed by atoms with Gasteiger partial charge in [-0.2, -0.15) is 0 Å². The van der Waals surface area contributed by atoms with Crippen molar-refractivity contribution >= 4 is 5.91 Å². The van der Waals surface area contributed by atoms with Crippen molar-refractivity contribution in [2.24, 2.45) is 0 Å². The highest BCUT2D eigenvalue weighted by Gasteiger charge is 2.35. The molecule has 1 aliphatic rings. The number of carbonyl (C=O) groups excluding carboxylic acids is 1. The van der Waals surface area contributed by atoms with Crippen LogP contribution in [0.4, 0.5) is 0 Å². The summed E-state index contributed by atoms with van der Waals surface area (Å²) in [4.78, 5) is 12.3. The Labute approximate surface area is 144 Å². The highest BCUT2D eigenvalue weighted by molar-refractivity contribution is 5.93. The fraction of sp³-hybridized carbons (Fsp3) is 0.333. The van der Waals surface area contributed by atoms with Crippen LogP contribution in [0, 0.1) is 0 Å². The molecule has 1 amide bonds. The van der Waals surface area contributed by atoms with E-state index in [-0.39, 0.29) is 23.6 Å². The molecule has 0 radical (unpaired) electrons. The van der Waals surface area contributed by atoms with Crippen molar-refractivity contribution < 1.29 is 13.7 Å². The van der Waals surface area contributed by atoms with E-state index < -0.39 is 0 Å². The average molecular weight is 338 g/mol. The summed E-state index contributed by atoms with van der Waals surface area (Å²) in [6, 6.07) is 11.3. The van der Waals surface area contributed by atoms with Crippen LogP contribution in [0.15, 0.2) is 45.3 Å². The standard InChI is InChI=1S/C18H18N4O3/c1-2-16-20-21-18(24-16)12-8-13(9-12)19-17(23)14-10-15(25-22-14)11-6-4-3-5-7-11/h3-7,10,12-13H,2,8-9H2,1H3,(H,19,23)/t12-,13+. The third-order valence-corrected chi connectivity index (χ3v) is 4.41. The Morgan fingerprint density at radius 3 is 2.76 bits per heavy atom. The number of nitrogens with zero attached hydrogens (tertiary/aromatic N) is 3. The largest absolute Gasteiger partial charge is 0.425 e. The molecular formula is C18H18N4O3. The van der Waals surface area contributed by atoms with Gasteiger partial charge >= 0.3 is 0 Å². The molecule has 4 rings (SSSR count). The summed E-state index contributed by atoms with van der Waals surface area (Å²) in [5, 5.41) is 14.9. The lowest BCUT2D eigenvalue weighted by Crippen LogP contribution is -2.43. The van der Waals surface area contributed by atoms with Crippen LogP contribution in [0.1, 0.15) is 48.0 Å². The lowest BCUT2D eigenvalue weighted by molar-refractivity contribution is 0.0894. The maximum absolute atomic E-state index is 12.3. The fourth-order valence-corrected chi connectivity index (χ4v) is 2.89. The Kier molecular flexibility index (Phi) is 4.05. The maximum atomic E-state index is 12.3. The molecule has 0 spiro atoms. The van der Waals surface area contributed by atoms with Crippen molar-refractivity contribution in [2.75, 3.05) is 0 Å². The highest BCUT2D eigenvalue weighted by Crippen LogP contribution is 2.36. The predicted octanol–water partition coefficient (Wildman–Crippen LogP) is 2.96. The zero-order valence-corrected chi connectivity index (χ0v) is 13.8. The van der Waals surface area contributed by atoms with Gasteiger partial charge in [-0.1, -0.05) is 42.4 Å². The van der Waals surface area contributed by atoms with Gasteiger partial charge in [-0.3, -0.25) is 4.79 Å². The second kappa shape index (κ2) is 6.51. The molecule has 0 atom stereocenters. The van der Waals surface area contributed by atoms with Gasteiger partial charge in [0.2, 0.25) is 11.8 Å². The average Bonchev–Trinajstić information content (AvgIpc) is 3.27. The van der Waals surface area contributed by atoms with Crippen LogP contribution in [0.25, 0.3) is 11.3 Å². The van der Waals surface area contributed by atoms with Crippen molar-refractivity contribution in [3.8, 4) is 11.3 Å². The SMILES string of the molecule is CCc1nnc([C@H]2C[C@@H](NC(=O)c3cc(-c4ccccc4)on3)C2)o1. The zero-order chi connectivity index (χ0) is 17.2. The third-order valence-electron chi connectivity index (χ3n) is 4.41. The molecule has 128 valence electrons. The van der Waals surface area contributed by atoms with Gasteiger partial charge < -0.3 is 14.3 Å². The summed E-state index contributed by atoms with van der Waals surface area (Å²) in [6.45, 7) is 1.97. The number of aromatic nitrogens is 3. The van der Waals surface area contributed by atoms with Crippen molar-refractivity contribution in [3.63, 3.8) is 0 Å². The minimum absolute atomic E-state index is 0.0892. The summed E-state index contributed by atoms with van der Waals surface area (Å²) in [5.74, 6) is 1.88. The van der Waals surface area contributed by atoms with Crippen LogP contribution in [-0.4, -0.2) is 27.3 Å². The van der Waals surface area contributed by atoms with Gasteiger partial charge in [0.05, 0.1) is 0 Å². The molecule has 1 N–H and O–H groups in total. The summed E-state index contributed by atoms with van der Waals surface area (Å²) in [7, 11) is 0. The van der Waals surface area contributed by atoms with E-state index in [9.17, 15) is 4.79 Å². The van der Waals surface area contributed by atoms with Crippen LogP contribution in [0.5, 0.6) is 0 Å². The summed E-state index contributed by atoms with van der Waals surface area (Å²) < 4.78 is 10.8. The number of carbonyl (C=O) groups is 1. The molecule has 2 aromatic heterocycles. The van der Waals surface area contributed by atoms with Crippen molar-refractivity contribution in [3.05, 3.63) is 53.9 Å². The Hall–Kier alpha value is -2.96. The fourth-order valence-electron chi connectivity index (χ4n) is 2.89. The van der Waals surface area contributed by atoms with E-state index in [1.807, 2.05) is 37.3 Å². The van der Waals surface area contributed by atoms with Gasteiger partial charge in [0.25, 0.3) is 5.91 Å². The molecule has 2 heterocycles. The molecular weight excluding hydrogens is 320 g/mol. The molecule has 0 saturated heterocycles. The van der Waals surface area contributed by atoms with E-state index in [1.54, 1.807) is 6.07 Å². The number of rotatable bonds is 5. The lowest BCUT2D eigenvalue weighted by atomic mass is 9.80. The lowest BCUT2D eigenvalue weighted by Gasteiger charge is -2.33. The van der Waals surface area contributed by atoms with E-state index >= 15 is 0 Å². The van der Waals surface area contributed by atoms with Crippen molar-refractivity contribution in [1.29, 1.82) is 0 Å². The molecule has 7 heteroatoms. The number of nitrogens with one attached hydrogen (secondary N) is 1. The molecule has 25 heavy (non-hydrogen) atoms. The first-order valence-corrected chi connectivity index (χ1v) is 8.38. The molecule has 7 nitrogen and oxygen atoms in total. The predicted molar refractivity (Wildman–Crippen MR) is 88.8 cm³/mol. The van der Waals surface area contributed by atoms with E-state index in [0.717, 1.165) is 24.8 Å². The minimum Gasteiger partial charge on any atom is -0.425 e. The summed E-state index contributed by atoms with van der Waals surface area (Å²) >= 11 is 0. The molecule has 0 unspecified atom stereocenters. The Bertz CT molecular complexity index is 865.